The second-order valence-electron chi connectivity index (χ2n) is 5.72. The monoisotopic (exact) mass is 386 g/mol. The summed E-state index contributed by atoms with van der Waals surface area (Å²) in [6, 6.07) is 11.0. The summed E-state index contributed by atoms with van der Waals surface area (Å²) in [6.45, 7) is 1.71. The number of nitrogens with one attached hydrogen (secondary N) is 1. The zero-order chi connectivity index (χ0) is 17.1. The number of carbonyl (C=O) groups excluding carboxylic acids is 1. The van der Waals surface area contributed by atoms with E-state index in [1.54, 1.807) is 11.0 Å². The molecular formula is C18H18Cl2F2N2O. The SMILES string of the molecule is Cl.O=C(Cc1cccc(F)c1F)N1CCNCC1c1ccccc1Cl. The van der Waals surface area contributed by atoms with E-state index >= 15 is 0 Å². The number of nitrogens with zero attached hydrogens (tertiary/aromatic N) is 1. The predicted molar refractivity (Wildman–Crippen MR) is 96.1 cm³/mol. The van der Waals surface area contributed by atoms with Crippen molar-refractivity contribution in [1.82, 2.24) is 10.2 Å². The van der Waals surface area contributed by atoms with Gasteiger partial charge in [-0.05, 0) is 17.7 Å². The molecule has 7 heteroatoms. The van der Waals surface area contributed by atoms with Crippen LogP contribution in [0.3, 0.4) is 0 Å². The lowest BCUT2D eigenvalue weighted by molar-refractivity contribution is -0.133. The van der Waals surface area contributed by atoms with Crippen LogP contribution in [0.5, 0.6) is 0 Å². The summed E-state index contributed by atoms with van der Waals surface area (Å²) in [5, 5.41) is 3.83. The largest absolute Gasteiger partial charge is 0.333 e. The molecule has 1 aliphatic rings. The molecule has 3 rings (SSSR count). The molecule has 25 heavy (non-hydrogen) atoms. The molecule has 0 aliphatic carbocycles. The molecule has 134 valence electrons. The normalized spacial score (nSPS) is 17.1. The van der Waals surface area contributed by atoms with Crippen LogP contribution in [0, 0.1) is 11.6 Å². The van der Waals surface area contributed by atoms with Gasteiger partial charge in [0.25, 0.3) is 0 Å². The van der Waals surface area contributed by atoms with Crippen LogP contribution in [0.15, 0.2) is 42.5 Å². The van der Waals surface area contributed by atoms with E-state index in [9.17, 15) is 13.6 Å². The molecular weight excluding hydrogens is 369 g/mol. The molecule has 0 aromatic heterocycles. The summed E-state index contributed by atoms with van der Waals surface area (Å²) in [5.41, 5.74) is 0.913. The molecule has 3 nitrogen and oxygen atoms in total. The zero-order valence-electron chi connectivity index (χ0n) is 13.3. The number of benzene rings is 2. The average Bonchev–Trinajstić information content (AvgIpc) is 2.59. The minimum absolute atomic E-state index is 0. The molecule has 0 bridgehead atoms. The lowest BCUT2D eigenvalue weighted by Crippen LogP contribution is -2.49. The van der Waals surface area contributed by atoms with E-state index in [1.165, 1.54) is 12.1 Å². The molecule has 0 spiro atoms. The fraction of sp³-hybridized carbons (Fsp3) is 0.278. The summed E-state index contributed by atoms with van der Waals surface area (Å²) in [5.74, 6) is -2.15. The number of rotatable bonds is 3. The maximum absolute atomic E-state index is 13.8. The molecule has 1 amide bonds. The van der Waals surface area contributed by atoms with Gasteiger partial charge in [-0.25, -0.2) is 8.78 Å². The van der Waals surface area contributed by atoms with Crippen LogP contribution >= 0.6 is 24.0 Å². The van der Waals surface area contributed by atoms with Gasteiger partial charge in [0.2, 0.25) is 5.91 Å². The summed E-state index contributed by atoms with van der Waals surface area (Å²) >= 11 is 6.26. The van der Waals surface area contributed by atoms with Gasteiger partial charge in [0.1, 0.15) is 0 Å². The predicted octanol–water partition coefficient (Wildman–Crippen LogP) is 3.76. The number of halogens is 4. The van der Waals surface area contributed by atoms with E-state index in [-0.39, 0.29) is 36.3 Å². The van der Waals surface area contributed by atoms with Crippen LogP contribution in [-0.4, -0.2) is 30.4 Å². The van der Waals surface area contributed by atoms with Crippen LogP contribution in [0.2, 0.25) is 5.02 Å². The lowest BCUT2D eigenvalue weighted by atomic mass is 10.0. The first kappa shape index (κ1) is 19.6. The number of amides is 1. The maximum Gasteiger partial charge on any atom is 0.227 e. The summed E-state index contributed by atoms with van der Waals surface area (Å²) in [6.07, 6.45) is -0.176. The van der Waals surface area contributed by atoms with Crippen molar-refractivity contribution in [2.45, 2.75) is 12.5 Å². The van der Waals surface area contributed by atoms with E-state index in [2.05, 4.69) is 5.32 Å². The summed E-state index contributed by atoms with van der Waals surface area (Å²) in [4.78, 5) is 14.4. The van der Waals surface area contributed by atoms with Crippen LogP contribution < -0.4 is 5.32 Å². The second-order valence-corrected chi connectivity index (χ2v) is 6.13. The quantitative estimate of drug-likeness (QED) is 0.870. The molecule has 1 atom stereocenters. The highest BCUT2D eigenvalue weighted by Gasteiger charge is 2.29. The third kappa shape index (κ3) is 4.29. The summed E-state index contributed by atoms with van der Waals surface area (Å²) < 4.78 is 27.2. The van der Waals surface area contributed by atoms with Crippen molar-refractivity contribution in [3.8, 4) is 0 Å². The fourth-order valence-corrected chi connectivity index (χ4v) is 3.24. The van der Waals surface area contributed by atoms with Crippen molar-refractivity contribution in [3.63, 3.8) is 0 Å². The smallest absolute Gasteiger partial charge is 0.227 e. The molecule has 1 saturated heterocycles. The van der Waals surface area contributed by atoms with Gasteiger partial charge in [-0.3, -0.25) is 4.79 Å². The number of carbonyl (C=O) groups is 1. The van der Waals surface area contributed by atoms with Crippen molar-refractivity contribution in [2.24, 2.45) is 0 Å². The van der Waals surface area contributed by atoms with E-state index < -0.39 is 11.6 Å². The van der Waals surface area contributed by atoms with Crippen LogP contribution in [-0.2, 0) is 11.2 Å². The fourth-order valence-electron chi connectivity index (χ4n) is 2.98. The Morgan fingerprint density at radius 3 is 2.72 bits per heavy atom. The van der Waals surface area contributed by atoms with Gasteiger partial charge in [-0.2, -0.15) is 0 Å². The third-order valence-corrected chi connectivity index (χ3v) is 4.55. The van der Waals surface area contributed by atoms with Gasteiger partial charge in [-0.1, -0.05) is 41.9 Å². The highest BCUT2D eigenvalue weighted by Crippen LogP contribution is 2.29. The van der Waals surface area contributed by atoms with E-state index in [0.717, 1.165) is 11.6 Å². The number of piperazine rings is 1. The topological polar surface area (TPSA) is 32.3 Å². The molecule has 2 aromatic rings. The van der Waals surface area contributed by atoms with Gasteiger partial charge in [-0.15, -0.1) is 12.4 Å². The van der Waals surface area contributed by atoms with Crippen LogP contribution in [0.1, 0.15) is 17.2 Å². The molecule has 2 aromatic carbocycles. The second kappa shape index (κ2) is 8.61. The van der Waals surface area contributed by atoms with E-state index in [1.807, 2.05) is 18.2 Å². The molecule has 1 N–H and O–H groups in total. The standard InChI is InChI=1S/C18H17ClF2N2O.ClH/c19-14-6-2-1-5-13(14)16-11-22-8-9-23(16)17(24)10-12-4-3-7-15(20)18(12)21;/h1-7,16,22H,8-11H2;1H. The minimum atomic E-state index is -0.963. The Kier molecular flexibility index (Phi) is 6.76. The molecule has 1 heterocycles. The molecule has 0 radical (unpaired) electrons. The zero-order valence-corrected chi connectivity index (χ0v) is 14.9. The lowest BCUT2D eigenvalue weighted by Gasteiger charge is -2.37. The van der Waals surface area contributed by atoms with Crippen molar-refractivity contribution >= 4 is 29.9 Å². The molecule has 1 aliphatic heterocycles. The highest BCUT2D eigenvalue weighted by molar-refractivity contribution is 6.31. The molecule has 1 fully saturated rings. The van der Waals surface area contributed by atoms with Crippen molar-refractivity contribution in [2.75, 3.05) is 19.6 Å². The Morgan fingerprint density at radius 1 is 1.20 bits per heavy atom. The van der Waals surface area contributed by atoms with Crippen molar-refractivity contribution < 1.29 is 13.6 Å². The first-order valence-corrected chi connectivity index (χ1v) is 8.13. The van der Waals surface area contributed by atoms with E-state index in [0.29, 0.717) is 24.7 Å². The van der Waals surface area contributed by atoms with Gasteiger partial charge < -0.3 is 10.2 Å². The molecule has 1 unspecified atom stereocenters. The van der Waals surface area contributed by atoms with Gasteiger partial charge in [0.15, 0.2) is 11.6 Å². The number of hydrogen-bond donors (Lipinski definition) is 1. The molecule has 0 saturated carbocycles. The Morgan fingerprint density at radius 2 is 1.96 bits per heavy atom. The Labute approximate surface area is 156 Å². The van der Waals surface area contributed by atoms with Gasteiger partial charge >= 0.3 is 0 Å². The number of hydrogen-bond acceptors (Lipinski definition) is 2. The van der Waals surface area contributed by atoms with E-state index in [4.69, 9.17) is 11.6 Å². The first-order valence-electron chi connectivity index (χ1n) is 7.75. The highest BCUT2D eigenvalue weighted by atomic mass is 35.5. The Bertz CT molecular complexity index is 758. The average molecular weight is 387 g/mol. The maximum atomic E-state index is 13.8. The van der Waals surface area contributed by atoms with Crippen molar-refractivity contribution in [3.05, 3.63) is 70.2 Å². The first-order chi connectivity index (χ1) is 11.6. The third-order valence-electron chi connectivity index (χ3n) is 4.20. The van der Waals surface area contributed by atoms with Crippen LogP contribution in [0.25, 0.3) is 0 Å². The van der Waals surface area contributed by atoms with Crippen molar-refractivity contribution in [1.29, 1.82) is 0 Å². The minimum Gasteiger partial charge on any atom is -0.333 e. The van der Waals surface area contributed by atoms with Crippen LogP contribution in [0.4, 0.5) is 8.78 Å². The van der Waals surface area contributed by atoms with Gasteiger partial charge in [0, 0.05) is 30.2 Å². The Hall–Kier alpha value is -1.69. The van der Waals surface area contributed by atoms with Gasteiger partial charge in [0.05, 0.1) is 12.5 Å². The summed E-state index contributed by atoms with van der Waals surface area (Å²) in [7, 11) is 0. The Balaban J connectivity index is 0.00000225.